The van der Waals surface area contributed by atoms with Gasteiger partial charge in [0.1, 0.15) is 19.3 Å². The average molecular weight is 1440 g/mol. The Morgan fingerprint density at radius 2 is 0.520 bits per heavy atom. The van der Waals surface area contributed by atoms with Gasteiger partial charge in [-0.2, -0.15) is 0 Å². The van der Waals surface area contributed by atoms with Crippen LogP contribution in [0.25, 0.3) is 0 Å². The summed E-state index contributed by atoms with van der Waals surface area (Å²) in [6, 6.07) is 0. The van der Waals surface area contributed by atoms with Crippen molar-refractivity contribution in [2.45, 2.75) is 316 Å². The molecule has 0 radical (unpaired) electrons. The van der Waals surface area contributed by atoms with Gasteiger partial charge in [-0.25, -0.2) is 9.13 Å². The molecule has 5 atom stereocenters. The van der Waals surface area contributed by atoms with Gasteiger partial charge in [-0.15, -0.1) is 0 Å². The second kappa shape index (κ2) is 72.5. The van der Waals surface area contributed by atoms with Crippen molar-refractivity contribution in [1.29, 1.82) is 0 Å². The van der Waals surface area contributed by atoms with Gasteiger partial charge in [0, 0.05) is 25.7 Å². The van der Waals surface area contributed by atoms with Gasteiger partial charge in [-0.3, -0.25) is 37.3 Å². The maximum absolute atomic E-state index is 13.1. The highest BCUT2D eigenvalue weighted by molar-refractivity contribution is 7.47. The van der Waals surface area contributed by atoms with Crippen LogP contribution in [0, 0.1) is 0 Å². The Balaban J connectivity index is 5.40. The molecule has 0 saturated heterocycles. The molecular formula is C81H136O17P2. The van der Waals surface area contributed by atoms with Crippen molar-refractivity contribution in [3.8, 4) is 0 Å². The summed E-state index contributed by atoms with van der Waals surface area (Å²) >= 11 is 0. The molecule has 0 aromatic carbocycles. The molecule has 0 heterocycles. The molecule has 0 bridgehead atoms. The summed E-state index contributed by atoms with van der Waals surface area (Å²) in [5, 5.41) is 10.6. The summed E-state index contributed by atoms with van der Waals surface area (Å²) in [6.07, 6.45) is 80.1. The van der Waals surface area contributed by atoms with Crippen LogP contribution in [0.4, 0.5) is 0 Å². The number of aliphatic hydroxyl groups excluding tert-OH is 1. The predicted octanol–water partition coefficient (Wildman–Crippen LogP) is 22.1. The first kappa shape index (κ1) is 95.2. The van der Waals surface area contributed by atoms with Crippen LogP contribution in [0.15, 0.2) is 134 Å². The minimum absolute atomic E-state index is 0.0578. The van der Waals surface area contributed by atoms with Crippen LogP contribution < -0.4 is 0 Å². The molecule has 17 nitrogen and oxygen atoms in total. The summed E-state index contributed by atoms with van der Waals surface area (Å²) in [7, 11) is -9.97. The molecule has 0 rings (SSSR count). The van der Waals surface area contributed by atoms with E-state index in [2.05, 4.69) is 161 Å². The predicted molar refractivity (Wildman–Crippen MR) is 408 cm³/mol. The summed E-state index contributed by atoms with van der Waals surface area (Å²) < 4.78 is 68.4. The largest absolute Gasteiger partial charge is 0.472 e. The van der Waals surface area contributed by atoms with Crippen molar-refractivity contribution < 1.29 is 80.2 Å². The molecule has 0 aliphatic heterocycles. The number of phosphoric acid groups is 2. The Bertz CT molecular complexity index is 2420. The smallest absolute Gasteiger partial charge is 0.462 e. The molecule has 0 spiro atoms. The SMILES string of the molecule is CC/C=C\C/C=C\C/C=C\C/C=C\CCCCCCC(=O)OCC(COP(=O)(O)OCC(O)COP(=O)(O)OCC(COC(=O)CCCCCCC/C=C\C/C=C\C/C=C\CC)OC(=O)CCCCCCCCCCCCC)OC(=O)CCCCCC/C=C\C/C=C\C/C=C\C/C=C\CC. The zero-order chi connectivity index (χ0) is 73.2. The number of ether oxygens (including phenoxy) is 4. The van der Waals surface area contributed by atoms with Crippen molar-refractivity contribution in [1.82, 2.24) is 0 Å². The van der Waals surface area contributed by atoms with Crippen LogP contribution in [0.5, 0.6) is 0 Å². The average Bonchev–Trinajstić information content (AvgIpc) is 1.00. The minimum Gasteiger partial charge on any atom is -0.462 e. The monoisotopic (exact) mass is 1440 g/mol. The third-order valence-corrected chi connectivity index (χ3v) is 17.5. The number of hydrogen-bond donors (Lipinski definition) is 3. The van der Waals surface area contributed by atoms with Gasteiger partial charge in [-0.1, -0.05) is 271 Å². The van der Waals surface area contributed by atoms with E-state index in [1.807, 2.05) is 0 Å². The Morgan fingerprint density at radius 1 is 0.290 bits per heavy atom. The number of esters is 4. The fraction of sp³-hybridized carbons (Fsp3) is 0.679. The zero-order valence-electron chi connectivity index (χ0n) is 62.3. The van der Waals surface area contributed by atoms with E-state index in [4.69, 9.17) is 37.0 Å². The number of carbonyl (C=O) groups excluding carboxylic acids is 4. The first-order valence-corrected chi connectivity index (χ1v) is 41.4. The molecule has 0 saturated carbocycles. The van der Waals surface area contributed by atoms with Gasteiger partial charge in [0.25, 0.3) is 0 Å². The highest BCUT2D eigenvalue weighted by atomic mass is 31.2. The van der Waals surface area contributed by atoms with Gasteiger partial charge in [0.15, 0.2) is 12.2 Å². The van der Waals surface area contributed by atoms with Crippen LogP contribution in [0.3, 0.4) is 0 Å². The van der Waals surface area contributed by atoms with E-state index in [1.165, 1.54) is 38.5 Å². The van der Waals surface area contributed by atoms with Crippen molar-refractivity contribution >= 4 is 39.5 Å². The summed E-state index contributed by atoms with van der Waals surface area (Å²) in [5.74, 6) is -2.25. The maximum atomic E-state index is 13.1. The fourth-order valence-corrected chi connectivity index (χ4v) is 11.4. The fourth-order valence-electron chi connectivity index (χ4n) is 9.86. The number of unbranched alkanes of at least 4 members (excludes halogenated alkanes) is 23. The van der Waals surface area contributed by atoms with Gasteiger partial charge in [0.05, 0.1) is 26.4 Å². The molecule has 5 unspecified atom stereocenters. The Morgan fingerprint density at radius 3 is 0.800 bits per heavy atom. The Kier molecular flexibility index (Phi) is 69.1. The molecular weight excluding hydrogens is 1310 g/mol. The molecule has 572 valence electrons. The van der Waals surface area contributed by atoms with Crippen molar-refractivity contribution in [2.75, 3.05) is 39.6 Å². The topological polar surface area (TPSA) is 237 Å². The lowest BCUT2D eigenvalue weighted by Gasteiger charge is -2.21. The van der Waals surface area contributed by atoms with E-state index in [0.29, 0.717) is 25.7 Å². The quantitative estimate of drug-likeness (QED) is 0.0169. The second-order valence-electron chi connectivity index (χ2n) is 25.2. The first-order valence-electron chi connectivity index (χ1n) is 38.4. The number of rotatable bonds is 71. The molecule has 0 aromatic heterocycles. The molecule has 0 amide bonds. The number of hydrogen-bond acceptors (Lipinski definition) is 15. The lowest BCUT2D eigenvalue weighted by molar-refractivity contribution is -0.161. The Labute approximate surface area is 605 Å². The van der Waals surface area contributed by atoms with Crippen LogP contribution in [-0.2, 0) is 65.4 Å². The van der Waals surface area contributed by atoms with E-state index in [-0.39, 0.29) is 25.7 Å². The highest BCUT2D eigenvalue weighted by Gasteiger charge is 2.30. The Hall–Kier alpha value is -4.80. The molecule has 19 heteroatoms. The lowest BCUT2D eigenvalue weighted by Crippen LogP contribution is -2.30. The number of carbonyl (C=O) groups is 4. The van der Waals surface area contributed by atoms with Gasteiger partial charge in [-0.05, 0) is 135 Å². The van der Waals surface area contributed by atoms with Crippen molar-refractivity contribution in [3.63, 3.8) is 0 Å². The minimum atomic E-state index is -4.99. The van der Waals surface area contributed by atoms with Crippen LogP contribution in [-0.4, -0.2) is 96.7 Å². The number of aliphatic hydroxyl groups is 1. The molecule has 100 heavy (non-hydrogen) atoms. The number of allylic oxidation sites excluding steroid dienone is 22. The second-order valence-corrected chi connectivity index (χ2v) is 28.1. The van der Waals surface area contributed by atoms with E-state index in [0.717, 1.165) is 180 Å². The van der Waals surface area contributed by atoms with E-state index < -0.39 is 97.5 Å². The van der Waals surface area contributed by atoms with Crippen LogP contribution in [0.2, 0.25) is 0 Å². The molecule has 3 N–H and O–H groups in total. The van der Waals surface area contributed by atoms with E-state index in [9.17, 15) is 43.2 Å². The van der Waals surface area contributed by atoms with E-state index >= 15 is 0 Å². The van der Waals surface area contributed by atoms with Crippen LogP contribution >= 0.6 is 15.6 Å². The summed E-state index contributed by atoms with van der Waals surface area (Å²) in [6.45, 7) is 4.45. The summed E-state index contributed by atoms with van der Waals surface area (Å²) in [4.78, 5) is 72.9. The van der Waals surface area contributed by atoms with Crippen molar-refractivity contribution in [3.05, 3.63) is 134 Å². The van der Waals surface area contributed by atoms with Gasteiger partial charge >= 0.3 is 39.5 Å². The molecule has 0 aromatic rings. The normalized spacial score (nSPS) is 14.7. The van der Waals surface area contributed by atoms with E-state index in [1.54, 1.807) is 0 Å². The number of phosphoric ester groups is 2. The lowest BCUT2D eigenvalue weighted by atomic mass is 10.1. The molecule has 0 aliphatic rings. The third-order valence-electron chi connectivity index (χ3n) is 15.6. The maximum Gasteiger partial charge on any atom is 0.472 e. The zero-order valence-corrected chi connectivity index (χ0v) is 64.1. The van der Waals surface area contributed by atoms with Crippen LogP contribution in [0.1, 0.15) is 297 Å². The van der Waals surface area contributed by atoms with Gasteiger partial charge < -0.3 is 33.8 Å². The highest BCUT2D eigenvalue weighted by Crippen LogP contribution is 2.45. The molecule has 0 aliphatic carbocycles. The van der Waals surface area contributed by atoms with Crippen molar-refractivity contribution in [2.24, 2.45) is 0 Å². The summed E-state index contributed by atoms with van der Waals surface area (Å²) in [5.41, 5.74) is 0. The third kappa shape index (κ3) is 71.6. The standard InChI is InChI=1S/C81H136O17P2/c1-5-9-13-17-21-25-29-32-35-37-40-43-47-50-54-58-62-66-79(84)92-72-77(98-81(86)68-64-60-56-52-48-44-41-38-36-33-30-26-22-18-14-10-6-2)74-96-100(89,90)94-70-75(82)69-93-99(87,88)95-73-76(97-80(85)67-63-59-55-51-45-28-24-20-16-12-8-4)71-91-78(83)65-61-57-53-49-46-42-39-34-31-27-23-19-15-11-7-3/h9-11,13-15,21-23,25-27,32-36,39-41,43-44,75-77,82H,5-8,12,16-20,24,28-31,37-38,42,45-74H2,1-4H3,(H,87,88)(H,89,90)/b13-9-,14-10-,15-11-,25-21-,26-22-,27-23-,35-32-,36-33-,39-34-,43-40-,44-41-. The van der Waals surface area contributed by atoms with Gasteiger partial charge in [0.2, 0.25) is 0 Å². The molecule has 0 fully saturated rings. The first-order chi connectivity index (χ1) is 48.7.